The molecule has 0 bridgehead atoms. The summed E-state index contributed by atoms with van der Waals surface area (Å²) in [6.07, 6.45) is 2.31. The fraction of sp³-hybridized carbons (Fsp3) is 0.263. The molecule has 1 aliphatic heterocycles. The highest BCUT2D eigenvalue weighted by Gasteiger charge is 2.30. The Labute approximate surface area is 154 Å². The second kappa shape index (κ2) is 6.94. The first kappa shape index (κ1) is 17.4. The number of halogens is 3. The monoisotopic (exact) mass is 374 g/mol. The number of benzene rings is 1. The van der Waals surface area contributed by atoms with Crippen molar-refractivity contribution in [2.45, 2.75) is 6.18 Å². The summed E-state index contributed by atoms with van der Waals surface area (Å²) in [5.74, 6) is 0.778. The first-order valence-electron chi connectivity index (χ1n) is 8.52. The van der Waals surface area contributed by atoms with Gasteiger partial charge in [0.2, 0.25) is 0 Å². The summed E-state index contributed by atoms with van der Waals surface area (Å²) >= 11 is 0. The number of rotatable bonds is 3. The van der Waals surface area contributed by atoms with Gasteiger partial charge in [-0.15, -0.1) is 0 Å². The van der Waals surface area contributed by atoms with Gasteiger partial charge in [0.05, 0.1) is 36.2 Å². The van der Waals surface area contributed by atoms with Gasteiger partial charge in [-0.3, -0.25) is 4.98 Å². The van der Waals surface area contributed by atoms with E-state index in [-0.39, 0.29) is 0 Å². The van der Waals surface area contributed by atoms with Crippen LogP contribution in [0, 0.1) is 0 Å². The number of piperazine rings is 1. The summed E-state index contributed by atoms with van der Waals surface area (Å²) in [5, 5.41) is 0. The van der Waals surface area contributed by atoms with E-state index in [1.165, 1.54) is 12.1 Å². The lowest BCUT2D eigenvalue weighted by molar-refractivity contribution is -0.137. The normalized spacial score (nSPS) is 15.2. The SMILES string of the molecule is FC(F)(F)c1ccc(N2CCN(c3cncc(-c4ccoc4)n3)CC2)cc1. The summed E-state index contributed by atoms with van der Waals surface area (Å²) in [7, 11) is 0. The highest BCUT2D eigenvalue weighted by atomic mass is 19.4. The van der Waals surface area contributed by atoms with Crippen LogP contribution >= 0.6 is 0 Å². The number of furan rings is 1. The predicted octanol–water partition coefficient (Wildman–Crippen LogP) is 4.08. The van der Waals surface area contributed by atoms with Crippen LogP contribution in [0.4, 0.5) is 24.7 Å². The van der Waals surface area contributed by atoms with Crippen LogP contribution in [0.3, 0.4) is 0 Å². The maximum atomic E-state index is 12.7. The summed E-state index contributed by atoms with van der Waals surface area (Å²) in [5.41, 5.74) is 1.77. The van der Waals surface area contributed by atoms with Crippen molar-refractivity contribution in [3.05, 3.63) is 60.8 Å². The fourth-order valence-electron chi connectivity index (χ4n) is 3.11. The van der Waals surface area contributed by atoms with Crippen molar-refractivity contribution in [3.63, 3.8) is 0 Å². The van der Waals surface area contributed by atoms with E-state index in [9.17, 15) is 13.2 Å². The molecule has 1 aliphatic rings. The number of alkyl halides is 3. The number of aromatic nitrogens is 2. The minimum absolute atomic E-state index is 0.628. The van der Waals surface area contributed by atoms with Gasteiger partial charge < -0.3 is 14.2 Å². The minimum Gasteiger partial charge on any atom is -0.472 e. The van der Waals surface area contributed by atoms with E-state index < -0.39 is 11.7 Å². The van der Waals surface area contributed by atoms with Crippen molar-refractivity contribution < 1.29 is 17.6 Å². The summed E-state index contributed by atoms with van der Waals surface area (Å²) in [6.45, 7) is 2.82. The molecule has 0 radical (unpaired) electrons. The first-order valence-corrected chi connectivity index (χ1v) is 8.52. The van der Waals surface area contributed by atoms with Gasteiger partial charge in [-0.2, -0.15) is 13.2 Å². The zero-order chi connectivity index (χ0) is 18.9. The first-order chi connectivity index (χ1) is 13.0. The molecule has 8 heteroatoms. The van der Waals surface area contributed by atoms with E-state index in [0.717, 1.165) is 34.9 Å². The topological polar surface area (TPSA) is 45.4 Å². The summed E-state index contributed by atoms with van der Waals surface area (Å²) < 4.78 is 43.2. The average molecular weight is 374 g/mol. The van der Waals surface area contributed by atoms with Crippen LogP contribution in [0.1, 0.15) is 5.56 Å². The molecule has 140 valence electrons. The van der Waals surface area contributed by atoms with Crippen molar-refractivity contribution in [2.24, 2.45) is 0 Å². The van der Waals surface area contributed by atoms with E-state index >= 15 is 0 Å². The lowest BCUT2D eigenvalue weighted by atomic mass is 10.1. The molecule has 0 atom stereocenters. The highest BCUT2D eigenvalue weighted by molar-refractivity contribution is 5.59. The third-order valence-corrected chi connectivity index (χ3v) is 4.60. The number of hydrogen-bond acceptors (Lipinski definition) is 5. The Bertz CT molecular complexity index is 886. The molecule has 3 heterocycles. The van der Waals surface area contributed by atoms with Crippen molar-refractivity contribution in [1.29, 1.82) is 0 Å². The highest BCUT2D eigenvalue weighted by Crippen LogP contribution is 2.31. The van der Waals surface area contributed by atoms with Crippen LogP contribution < -0.4 is 9.80 Å². The predicted molar refractivity (Wildman–Crippen MR) is 95.6 cm³/mol. The summed E-state index contributed by atoms with van der Waals surface area (Å²) in [6, 6.07) is 7.13. The minimum atomic E-state index is -4.31. The third kappa shape index (κ3) is 3.74. The molecular weight excluding hydrogens is 357 g/mol. The lowest BCUT2D eigenvalue weighted by Gasteiger charge is -2.36. The van der Waals surface area contributed by atoms with Gasteiger partial charge in [0.15, 0.2) is 0 Å². The van der Waals surface area contributed by atoms with Crippen LogP contribution in [0.15, 0.2) is 59.7 Å². The third-order valence-electron chi connectivity index (χ3n) is 4.60. The molecule has 4 rings (SSSR count). The van der Waals surface area contributed by atoms with Crippen LogP contribution in [0.25, 0.3) is 11.3 Å². The van der Waals surface area contributed by atoms with Gasteiger partial charge in [-0.1, -0.05) is 0 Å². The van der Waals surface area contributed by atoms with Crippen LogP contribution in [0.2, 0.25) is 0 Å². The van der Waals surface area contributed by atoms with Gasteiger partial charge in [-0.25, -0.2) is 4.98 Å². The Balaban J connectivity index is 1.43. The molecule has 1 fully saturated rings. The smallest absolute Gasteiger partial charge is 0.416 e. The van der Waals surface area contributed by atoms with Crippen molar-refractivity contribution in [2.75, 3.05) is 36.0 Å². The quantitative estimate of drug-likeness (QED) is 0.691. The fourth-order valence-corrected chi connectivity index (χ4v) is 3.11. The Kier molecular flexibility index (Phi) is 4.47. The molecule has 0 amide bonds. The Morgan fingerprint density at radius 2 is 1.59 bits per heavy atom. The van der Waals surface area contributed by atoms with E-state index in [4.69, 9.17) is 4.42 Å². The second-order valence-electron chi connectivity index (χ2n) is 6.29. The largest absolute Gasteiger partial charge is 0.472 e. The van der Waals surface area contributed by atoms with E-state index in [1.54, 1.807) is 24.9 Å². The van der Waals surface area contributed by atoms with E-state index in [0.29, 0.717) is 26.2 Å². The Hall–Kier alpha value is -3.03. The molecule has 2 aromatic heterocycles. The standard InChI is InChI=1S/C19H17F3N4O/c20-19(21,22)15-1-3-16(4-2-15)25-6-8-26(9-7-25)18-12-23-11-17(24-18)14-5-10-27-13-14/h1-5,10-13H,6-9H2. The number of anilines is 2. The molecule has 27 heavy (non-hydrogen) atoms. The summed E-state index contributed by atoms with van der Waals surface area (Å²) in [4.78, 5) is 13.1. The van der Waals surface area contributed by atoms with E-state index in [2.05, 4.69) is 19.8 Å². The molecule has 0 N–H and O–H groups in total. The van der Waals surface area contributed by atoms with Crippen molar-refractivity contribution in [3.8, 4) is 11.3 Å². The van der Waals surface area contributed by atoms with Crippen molar-refractivity contribution in [1.82, 2.24) is 9.97 Å². The molecule has 1 saturated heterocycles. The lowest BCUT2D eigenvalue weighted by Crippen LogP contribution is -2.46. The van der Waals surface area contributed by atoms with Gasteiger partial charge in [-0.05, 0) is 30.3 Å². The molecular formula is C19H17F3N4O. The van der Waals surface area contributed by atoms with Crippen molar-refractivity contribution >= 4 is 11.5 Å². The number of nitrogens with zero attached hydrogens (tertiary/aromatic N) is 4. The average Bonchev–Trinajstić information content (AvgIpc) is 3.23. The maximum Gasteiger partial charge on any atom is 0.416 e. The Morgan fingerprint density at radius 3 is 2.22 bits per heavy atom. The van der Waals surface area contributed by atoms with E-state index in [1.807, 2.05) is 6.07 Å². The Morgan fingerprint density at radius 1 is 0.889 bits per heavy atom. The molecule has 0 spiro atoms. The molecule has 5 nitrogen and oxygen atoms in total. The van der Waals surface area contributed by atoms with Gasteiger partial charge in [0.1, 0.15) is 5.82 Å². The van der Waals surface area contributed by atoms with Crippen LogP contribution in [-0.4, -0.2) is 36.1 Å². The zero-order valence-electron chi connectivity index (χ0n) is 14.4. The molecule has 1 aromatic carbocycles. The number of hydrogen-bond donors (Lipinski definition) is 0. The van der Waals surface area contributed by atoms with Crippen LogP contribution in [0.5, 0.6) is 0 Å². The zero-order valence-corrected chi connectivity index (χ0v) is 14.4. The van der Waals surface area contributed by atoms with Crippen LogP contribution in [-0.2, 0) is 6.18 Å². The van der Waals surface area contributed by atoms with Gasteiger partial charge in [0.25, 0.3) is 0 Å². The molecule has 0 saturated carbocycles. The van der Waals surface area contributed by atoms with Gasteiger partial charge in [0, 0.05) is 37.4 Å². The molecule has 3 aromatic rings. The molecule has 0 aliphatic carbocycles. The second-order valence-corrected chi connectivity index (χ2v) is 6.29. The molecule has 0 unspecified atom stereocenters. The van der Waals surface area contributed by atoms with Gasteiger partial charge >= 0.3 is 6.18 Å². The maximum absolute atomic E-state index is 12.7.